The lowest BCUT2D eigenvalue weighted by atomic mass is 9.99. The number of carboxylic acid groups (broad SMARTS) is 2. The molecule has 12 heteroatoms. The van der Waals surface area contributed by atoms with Gasteiger partial charge in [0, 0.05) is 6.42 Å². The Morgan fingerprint density at radius 1 is 0.882 bits per heavy atom. The molecule has 0 heterocycles. The molecule has 0 fully saturated rings. The van der Waals surface area contributed by atoms with E-state index in [1.165, 1.54) is 0 Å². The average molecular weight is 481 g/mol. The molecule has 0 aromatic heterocycles. The minimum atomic E-state index is -1.72. The van der Waals surface area contributed by atoms with E-state index < -0.39 is 66.9 Å². The maximum absolute atomic E-state index is 12.8. The average Bonchev–Trinajstić information content (AvgIpc) is 2.80. The predicted octanol–water partition coefficient (Wildman–Crippen LogP) is -1.39. The number of aliphatic hydroxyl groups excluding tert-OH is 1. The summed E-state index contributed by atoms with van der Waals surface area (Å²) in [6.45, 7) is 2.82. The molecule has 5 unspecified atom stereocenters. The van der Waals surface area contributed by atoms with Crippen LogP contribution in [0.15, 0.2) is 30.3 Å². The first-order valence-electron chi connectivity index (χ1n) is 10.8. The normalized spacial score (nSPS) is 15.2. The third kappa shape index (κ3) is 9.16. The fraction of sp³-hybridized carbons (Fsp3) is 0.500. The number of benzene rings is 1. The molecule has 34 heavy (non-hydrogen) atoms. The van der Waals surface area contributed by atoms with Crippen LogP contribution < -0.4 is 21.7 Å². The largest absolute Gasteiger partial charge is 0.481 e. The quantitative estimate of drug-likeness (QED) is 0.167. The number of hydrogen-bond donors (Lipinski definition) is 7. The maximum Gasteiger partial charge on any atom is 0.326 e. The molecule has 0 aliphatic rings. The molecule has 0 aliphatic heterocycles. The van der Waals surface area contributed by atoms with E-state index in [0.717, 1.165) is 0 Å². The molecule has 3 amide bonds. The van der Waals surface area contributed by atoms with Crippen LogP contribution in [0.5, 0.6) is 0 Å². The van der Waals surface area contributed by atoms with Crippen molar-refractivity contribution in [2.45, 2.75) is 57.3 Å². The Morgan fingerprint density at radius 2 is 1.41 bits per heavy atom. The Bertz CT molecular complexity index is 864. The highest BCUT2D eigenvalue weighted by Crippen LogP contribution is 2.07. The van der Waals surface area contributed by atoms with Crippen LogP contribution in [0.4, 0.5) is 0 Å². The molecule has 8 N–H and O–H groups in total. The lowest BCUT2D eigenvalue weighted by Gasteiger charge is -2.25. The van der Waals surface area contributed by atoms with E-state index in [1.54, 1.807) is 37.3 Å². The van der Waals surface area contributed by atoms with Crippen LogP contribution in [0.25, 0.3) is 0 Å². The molecule has 188 valence electrons. The van der Waals surface area contributed by atoms with Crippen LogP contribution in [0.2, 0.25) is 0 Å². The standard InChI is InChI=1S/C22H32N4O8/c1-3-12(2)18(23)21(32)26-16(11-27)20(31)24-14(9-13-7-5-4-6-8-13)19(30)25-15(22(33)34)10-17(28)29/h4-8,12,14-16,18,27H,3,9-11,23H2,1-2H3,(H,24,31)(H,25,30)(H,26,32)(H,28,29)(H,33,34). The first-order chi connectivity index (χ1) is 16.0. The number of aliphatic hydroxyl groups is 1. The molecular weight excluding hydrogens is 448 g/mol. The molecule has 1 aromatic carbocycles. The van der Waals surface area contributed by atoms with Crippen molar-refractivity contribution in [2.75, 3.05) is 6.61 Å². The summed E-state index contributed by atoms with van der Waals surface area (Å²) in [6, 6.07) is 3.12. The zero-order valence-electron chi connectivity index (χ0n) is 19.1. The van der Waals surface area contributed by atoms with Crippen molar-refractivity contribution >= 4 is 29.7 Å². The second-order valence-electron chi connectivity index (χ2n) is 7.90. The minimum Gasteiger partial charge on any atom is -0.481 e. The smallest absolute Gasteiger partial charge is 0.326 e. The number of carbonyl (C=O) groups excluding carboxylic acids is 3. The molecule has 1 rings (SSSR count). The number of rotatable bonds is 14. The molecule has 0 spiro atoms. The highest BCUT2D eigenvalue weighted by atomic mass is 16.4. The van der Waals surface area contributed by atoms with E-state index in [4.69, 9.17) is 10.8 Å². The molecule has 0 radical (unpaired) electrons. The van der Waals surface area contributed by atoms with Crippen molar-refractivity contribution in [1.29, 1.82) is 0 Å². The Morgan fingerprint density at radius 3 is 1.91 bits per heavy atom. The summed E-state index contributed by atoms with van der Waals surface area (Å²) in [7, 11) is 0. The van der Waals surface area contributed by atoms with E-state index in [1.807, 2.05) is 6.92 Å². The molecular formula is C22H32N4O8. The van der Waals surface area contributed by atoms with Crippen LogP contribution in [0.1, 0.15) is 32.3 Å². The Hall–Kier alpha value is -3.51. The number of hydrogen-bond acceptors (Lipinski definition) is 7. The van der Waals surface area contributed by atoms with Crippen LogP contribution >= 0.6 is 0 Å². The van der Waals surface area contributed by atoms with Gasteiger partial charge in [-0.05, 0) is 11.5 Å². The van der Waals surface area contributed by atoms with Crippen molar-refractivity contribution in [3.05, 3.63) is 35.9 Å². The van der Waals surface area contributed by atoms with Gasteiger partial charge in [0.15, 0.2) is 0 Å². The fourth-order valence-electron chi connectivity index (χ4n) is 2.95. The van der Waals surface area contributed by atoms with Gasteiger partial charge in [-0.2, -0.15) is 0 Å². The number of aliphatic carboxylic acids is 2. The van der Waals surface area contributed by atoms with Crippen LogP contribution in [0, 0.1) is 5.92 Å². The van der Waals surface area contributed by atoms with E-state index in [9.17, 15) is 34.2 Å². The minimum absolute atomic E-state index is 0.0592. The van der Waals surface area contributed by atoms with Gasteiger partial charge in [-0.15, -0.1) is 0 Å². The second kappa shape index (κ2) is 13.9. The van der Waals surface area contributed by atoms with Gasteiger partial charge >= 0.3 is 11.9 Å². The summed E-state index contributed by atoms with van der Waals surface area (Å²) in [6.07, 6.45) is -0.308. The number of nitrogens with one attached hydrogen (secondary N) is 3. The summed E-state index contributed by atoms with van der Waals surface area (Å²) in [5.74, 6) is -5.66. The third-order valence-corrected chi connectivity index (χ3v) is 5.28. The van der Waals surface area contributed by atoms with Gasteiger partial charge in [0.25, 0.3) is 0 Å². The highest BCUT2D eigenvalue weighted by Gasteiger charge is 2.31. The summed E-state index contributed by atoms with van der Waals surface area (Å²) >= 11 is 0. The van der Waals surface area contributed by atoms with Crippen LogP contribution in [-0.2, 0) is 30.4 Å². The molecule has 12 nitrogen and oxygen atoms in total. The first kappa shape index (κ1) is 28.5. The van der Waals surface area contributed by atoms with E-state index in [0.29, 0.717) is 12.0 Å². The predicted molar refractivity (Wildman–Crippen MR) is 120 cm³/mol. The van der Waals surface area contributed by atoms with Gasteiger partial charge in [0.2, 0.25) is 17.7 Å². The lowest BCUT2D eigenvalue weighted by Crippen LogP contribution is -2.59. The Kier molecular flexibility index (Phi) is 11.7. The Balaban J connectivity index is 3.03. The molecule has 0 bridgehead atoms. The third-order valence-electron chi connectivity index (χ3n) is 5.28. The van der Waals surface area contributed by atoms with Crippen LogP contribution in [0.3, 0.4) is 0 Å². The van der Waals surface area contributed by atoms with Gasteiger partial charge in [-0.1, -0.05) is 50.6 Å². The summed E-state index contributed by atoms with van der Waals surface area (Å²) < 4.78 is 0. The van der Waals surface area contributed by atoms with Crippen LogP contribution in [-0.4, -0.2) is 75.8 Å². The zero-order valence-corrected chi connectivity index (χ0v) is 19.1. The fourth-order valence-corrected chi connectivity index (χ4v) is 2.95. The number of carboxylic acids is 2. The van der Waals surface area contributed by atoms with E-state index in [-0.39, 0.29) is 12.3 Å². The zero-order chi connectivity index (χ0) is 25.8. The highest BCUT2D eigenvalue weighted by molar-refractivity contribution is 5.94. The second-order valence-corrected chi connectivity index (χ2v) is 7.90. The summed E-state index contributed by atoms with van der Waals surface area (Å²) in [5.41, 5.74) is 6.48. The number of nitrogens with two attached hydrogens (primary N) is 1. The van der Waals surface area contributed by atoms with Gasteiger partial charge in [-0.25, -0.2) is 4.79 Å². The van der Waals surface area contributed by atoms with Crippen molar-refractivity contribution in [2.24, 2.45) is 11.7 Å². The van der Waals surface area contributed by atoms with E-state index in [2.05, 4.69) is 16.0 Å². The number of amides is 3. The van der Waals surface area contributed by atoms with Gasteiger partial charge in [-0.3, -0.25) is 19.2 Å². The summed E-state index contributed by atoms with van der Waals surface area (Å²) in [4.78, 5) is 60.1. The Labute approximate surface area is 196 Å². The molecule has 0 aliphatic carbocycles. The van der Waals surface area contributed by atoms with Gasteiger partial charge < -0.3 is 37.0 Å². The lowest BCUT2D eigenvalue weighted by molar-refractivity contribution is -0.147. The molecule has 1 aromatic rings. The van der Waals surface area contributed by atoms with Crippen molar-refractivity contribution in [1.82, 2.24) is 16.0 Å². The first-order valence-corrected chi connectivity index (χ1v) is 10.8. The monoisotopic (exact) mass is 480 g/mol. The van der Waals surface area contributed by atoms with Crippen molar-refractivity contribution in [3.8, 4) is 0 Å². The molecule has 0 saturated carbocycles. The van der Waals surface area contributed by atoms with Gasteiger partial charge in [0.1, 0.15) is 18.1 Å². The maximum atomic E-state index is 12.8. The SMILES string of the molecule is CCC(C)C(N)C(=O)NC(CO)C(=O)NC(Cc1ccccc1)C(=O)NC(CC(=O)O)C(=O)O. The molecule has 0 saturated heterocycles. The summed E-state index contributed by atoms with van der Waals surface area (Å²) in [5, 5.41) is 34.6. The number of carbonyl (C=O) groups is 5. The van der Waals surface area contributed by atoms with Crippen molar-refractivity contribution < 1.29 is 39.3 Å². The van der Waals surface area contributed by atoms with Crippen molar-refractivity contribution in [3.63, 3.8) is 0 Å². The van der Waals surface area contributed by atoms with Gasteiger partial charge in [0.05, 0.1) is 19.1 Å². The topological polar surface area (TPSA) is 208 Å². The molecule has 5 atom stereocenters. The van der Waals surface area contributed by atoms with E-state index >= 15 is 0 Å².